The van der Waals surface area contributed by atoms with Gasteiger partial charge >= 0.3 is 0 Å². The molecular weight excluding hydrogens is 460 g/mol. The van der Waals surface area contributed by atoms with Crippen molar-refractivity contribution in [3.8, 4) is 10.4 Å². The summed E-state index contributed by atoms with van der Waals surface area (Å²) in [7, 11) is 0. The summed E-state index contributed by atoms with van der Waals surface area (Å²) in [5.74, 6) is -0.428. The second-order valence-corrected chi connectivity index (χ2v) is 9.90. The standard InChI is InChI=1S/C27H26N4O3S/c1-17-30-24(25(35-17)19-7-3-2-4-8-19)27(34)31-14-12-21(32)15-20(31)16-29-26(33)22-11-5-9-18-10-6-13-28-23(18)22/h2-11,13,20-21,32H,12,14-16H2,1H3,(H,29,33)/t20-,21+/m0/s1. The molecule has 5 rings (SSSR count). The van der Waals surface area contributed by atoms with Crippen molar-refractivity contribution in [2.24, 2.45) is 0 Å². The summed E-state index contributed by atoms with van der Waals surface area (Å²) in [6.07, 6.45) is 2.03. The number of aliphatic hydroxyl groups is 1. The van der Waals surface area contributed by atoms with Crippen LogP contribution in [0.4, 0.5) is 0 Å². The van der Waals surface area contributed by atoms with Gasteiger partial charge in [-0.3, -0.25) is 14.6 Å². The molecule has 0 bridgehead atoms. The van der Waals surface area contributed by atoms with Crippen LogP contribution in [0.3, 0.4) is 0 Å². The van der Waals surface area contributed by atoms with Crippen LogP contribution in [0.2, 0.25) is 0 Å². The number of carbonyl (C=O) groups excluding carboxylic acids is 2. The number of para-hydroxylation sites is 1. The molecule has 0 unspecified atom stereocenters. The summed E-state index contributed by atoms with van der Waals surface area (Å²) < 4.78 is 0. The maximum atomic E-state index is 13.7. The highest BCUT2D eigenvalue weighted by molar-refractivity contribution is 7.15. The molecule has 2 aromatic heterocycles. The molecule has 1 aliphatic heterocycles. The molecule has 7 nitrogen and oxygen atoms in total. The Labute approximate surface area is 207 Å². The summed E-state index contributed by atoms with van der Waals surface area (Å²) in [4.78, 5) is 38.2. The van der Waals surface area contributed by atoms with Crippen LogP contribution in [0.1, 0.15) is 38.7 Å². The fraction of sp³-hybridized carbons (Fsp3) is 0.259. The fourth-order valence-electron chi connectivity index (χ4n) is 4.58. The molecule has 0 spiro atoms. The van der Waals surface area contributed by atoms with Gasteiger partial charge in [0.15, 0.2) is 0 Å². The third kappa shape index (κ3) is 4.80. The van der Waals surface area contributed by atoms with Crippen molar-refractivity contribution >= 4 is 34.1 Å². The molecule has 2 atom stereocenters. The van der Waals surface area contributed by atoms with E-state index in [9.17, 15) is 14.7 Å². The highest BCUT2D eigenvalue weighted by atomic mass is 32.1. The lowest BCUT2D eigenvalue weighted by Gasteiger charge is -2.37. The average molecular weight is 487 g/mol. The first-order valence-electron chi connectivity index (χ1n) is 11.6. The van der Waals surface area contributed by atoms with Crippen molar-refractivity contribution in [1.29, 1.82) is 0 Å². The zero-order valence-corrected chi connectivity index (χ0v) is 20.2. The molecule has 35 heavy (non-hydrogen) atoms. The summed E-state index contributed by atoms with van der Waals surface area (Å²) in [5.41, 5.74) is 2.49. The summed E-state index contributed by atoms with van der Waals surface area (Å²) in [6.45, 7) is 2.53. The summed E-state index contributed by atoms with van der Waals surface area (Å²) in [5, 5.41) is 15.0. The van der Waals surface area contributed by atoms with E-state index in [0.717, 1.165) is 20.8 Å². The van der Waals surface area contributed by atoms with Crippen LogP contribution in [0.25, 0.3) is 21.3 Å². The molecule has 2 aromatic carbocycles. The van der Waals surface area contributed by atoms with Gasteiger partial charge in [0.1, 0.15) is 5.69 Å². The van der Waals surface area contributed by atoms with Gasteiger partial charge in [-0.15, -0.1) is 11.3 Å². The maximum absolute atomic E-state index is 13.7. The van der Waals surface area contributed by atoms with E-state index in [0.29, 0.717) is 36.2 Å². The Morgan fingerprint density at radius 1 is 1.11 bits per heavy atom. The van der Waals surface area contributed by atoms with Crippen LogP contribution in [-0.4, -0.2) is 57.0 Å². The number of hydrogen-bond acceptors (Lipinski definition) is 6. The van der Waals surface area contributed by atoms with E-state index in [1.54, 1.807) is 17.2 Å². The smallest absolute Gasteiger partial charge is 0.274 e. The highest BCUT2D eigenvalue weighted by Crippen LogP contribution is 2.32. The first-order chi connectivity index (χ1) is 17.0. The first kappa shape index (κ1) is 23.1. The van der Waals surface area contributed by atoms with Gasteiger partial charge in [0.05, 0.1) is 33.1 Å². The maximum Gasteiger partial charge on any atom is 0.274 e. The minimum atomic E-state index is -0.522. The Morgan fingerprint density at radius 3 is 2.74 bits per heavy atom. The number of nitrogens with one attached hydrogen (secondary N) is 1. The Hall–Kier alpha value is -3.62. The number of rotatable bonds is 5. The predicted octanol–water partition coefficient (Wildman–Crippen LogP) is 4.06. The largest absolute Gasteiger partial charge is 0.393 e. The van der Waals surface area contributed by atoms with Gasteiger partial charge in [-0.2, -0.15) is 0 Å². The van der Waals surface area contributed by atoms with Crippen molar-refractivity contribution in [1.82, 2.24) is 20.2 Å². The van der Waals surface area contributed by atoms with Crippen LogP contribution in [0, 0.1) is 6.92 Å². The van der Waals surface area contributed by atoms with E-state index >= 15 is 0 Å². The van der Waals surface area contributed by atoms with Crippen molar-refractivity contribution in [2.75, 3.05) is 13.1 Å². The van der Waals surface area contributed by atoms with Crippen LogP contribution >= 0.6 is 11.3 Å². The lowest BCUT2D eigenvalue weighted by molar-refractivity contribution is 0.0316. The Balaban J connectivity index is 1.37. The zero-order valence-electron chi connectivity index (χ0n) is 19.3. The first-order valence-corrected chi connectivity index (χ1v) is 12.5. The van der Waals surface area contributed by atoms with Crippen molar-refractivity contribution in [3.63, 3.8) is 0 Å². The van der Waals surface area contributed by atoms with Crippen LogP contribution in [-0.2, 0) is 0 Å². The third-order valence-electron chi connectivity index (χ3n) is 6.30. The predicted molar refractivity (Wildman–Crippen MR) is 136 cm³/mol. The number of piperidine rings is 1. The van der Waals surface area contributed by atoms with E-state index in [1.165, 1.54) is 11.3 Å². The van der Waals surface area contributed by atoms with Gasteiger partial charge in [0, 0.05) is 24.7 Å². The van der Waals surface area contributed by atoms with Crippen LogP contribution in [0.5, 0.6) is 0 Å². The Kier molecular flexibility index (Phi) is 6.57. The molecule has 3 heterocycles. The van der Waals surface area contributed by atoms with E-state index in [4.69, 9.17) is 0 Å². The number of aromatic nitrogens is 2. The van der Waals surface area contributed by atoms with Crippen LogP contribution in [0.15, 0.2) is 66.9 Å². The third-order valence-corrected chi connectivity index (χ3v) is 7.32. The number of fused-ring (bicyclic) bond motifs is 1. The van der Waals surface area contributed by atoms with Crippen molar-refractivity contribution in [2.45, 2.75) is 31.9 Å². The van der Waals surface area contributed by atoms with Gasteiger partial charge in [-0.25, -0.2) is 4.98 Å². The molecule has 2 amide bonds. The summed E-state index contributed by atoms with van der Waals surface area (Å²) in [6, 6.07) is 18.7. The number of aliphatic hydroxyl groups excluding tert-OH is 1. The second kappa shape index (κ2) is 9.93. The number of thiazole rings is 1. The molecule has 1 fully saturated rings. The molecule has 1 saturated heterocycles. The highest BCUT2D eigenvalue weighted by Gasteiger charge is 2.34. The molecule has 2 N–H and O–H groups in total. The molecule has 8 heteroatoms. The number of aryl methyl sites for hydroxylation is 1. The van der Waals surface area contributed by atoms with Gasteiger partial charge in [-0.05, 0) is 37.5 Å². The second-order valence-electron chi connectivity index (χ2n) is 8.70. The molecular formula is C27H26N4O3S. The molecule has 178 valence electrons. The van der Waals surface area contributed by atoms with E-state index < -0.39 is 6.10 Å². The number of nitrogens with zero attached hydrogens (tertiary/aromatic N) is 3. The van der Waals surface area contributed by atoms with Gasteiger partial charge in [-0.1, -0.05) is 48.5 Å². The SMILES string of the molecule is Cc1nc(C(=O)N2CC[C@@H](O)C[C@H]2CNC(=O)c2cccc3cccnc23)c(-c2ccccc2)s1. The molecule has 4 aromatic rings. The monoisotopic (exact) mass is 486 g/mol. The van der Waals surface area contributed by atoms with Crippen LogP contribution < -0.4 is 5.32 Å². The molecule has 0 radical (unpaired) electrons. The van der Waals surface area contributed by atoms with Gasteiger partial charge in [0.25, 0.3) is 11.8 Å². The minimum absolute atomic E-state index is 0.175. The lowest BCUT2D eigenvalue weighted by Crippen LogP contribution is -2.52. The van der Waals surface area contributed by atoms with Crippen molar-refractivity contribution < 1.29 is 14.7 Å². The number of carbonyl (C=O) groups is 2. The number of likely N-dealkylation sites (tertiary alicyclic amines) is 1. The molecule has 0 aliphatic carbocycles. The number of benzene rings is 2. The number of amides is 2. The Morgan fingerprint density at radius 2 is 1.91 bits per heavy atom. The molecule has 0 saturated carbocycles. The molecule has 1 aliphatic rings. The van der Waals surface area contributed by atoms with Gasteiger partial charge < -0.3 is 15.3 Å². The normalized spacial score (nSPS) is 17.9. The minimum Gasteiger partial charge on any atom is -0.393 e. The topological polar surface area (TPSA) is 95.4 Å². The number of hydrogen-bond donors (Lipinski definition) is 2. The number of pyridine rings is 1. The quantitative estimate of drug-likeness (QED) is 0.444. The zero-order chi connectivity index (χ0) is 24.4. The lowest BCUT2D eigenvalue weighted by atomic mass is 9.98. The van der Waals surface area contributed by atoms with E-state index in [1.807, 2.05) is 61.5 Å². The van der Waals surface area contributed by atoms with E-state index in [-0.39, 0.29) is 24.4 Å². The van der Waals surface area contributed by atoms with E-state index in [2.05, 4.69) is 15.3 Å². The summed E-state index contributed by atoms with van der Waals surface area (Å²) >= 11 is 1.49. The fourth-order valence-corrected chi connectivity index (χ4v) is 5.49. The van der Waals surface area contributed by atoms with Gasteiger partial charge in [0.2, 0.25) is 0 Å². The average Bonchev–Trinajstić information content (AvgIpc) is 3.28. The Bertz CT molecular complexity index is 1370. The van der Waals surface area contributed by atoms with Crippen molar-refractivity contribution in [3.05, 3.63) is 83.1 Å².